The first-order valence-corrected chi connectivity index (χ1v) is 10.6. The number of aromatic nitrogens is 2. The number of anilines is 1. The lowest BCUT2D eigenvalue weighted by Gasteiger charge is -2.10. The third-order valence-electron chi connectivity index (χ3n) is 4.07. The second-order valence-corrected chi connectivity index (χ2v) is 8.09. The number of pyridine rings is 1. The van der Waals surface area contributed by atoms with E-state index in [-0.39, 0.29) is 12.5 Å². The number of carbonyl (C=O) groups is 2. The number of thiazole rings is 1. The third kappa shape index (κ3) is 4.53. The molecular weight excluding hydrogens is 420 g/mol. The molecule has 0 saturated heterocycles. The van der Waals surface area contributed by atoms with Gasteiger partial charge in [-0.1, -0.05) is 36.9 Å². The highest BCUT2D eigenvalue weighted by Gasteiger charge is 2.17. The normalized spacial score (nSPS) is 10.5. The maximum Gasteiger partial charge on any atom is 0.411 e. The Morgan fingerprint density at radius 3 is 2.77 bits per heavy atom. The minimum atomic E-state index is -0.619. The number of nitrogens with zero attached hydrogens (tertiary/aromatic N) is 2. The predicted molar refractivity (Wildman–Crippen MR) is 118 cm³/mol. The monoisotopic (exact) mass is 436 g/mol. The van der Waals surface area contributed by atoms with E-state index in [0.29, 0.717) is 26.8 Å². The molecule has 0 fully saturated rings. The van der Waals surface area contributed by atoms with Gasteiger partial charge in [0.25, 0.3) is 5.91 Å². The first kappa shape index (κ1) is 19.7. The summed E-state index contributed by atoms with van der Waals surface area (Å²) in [6.45, 7) is 4.04. The van der Waals surface area contributed by atoms with Gasteiger partial charge in [-0.05, 0) is 23.1 Å². The predicted octanol–water partition coefficient (Wildman–Crippen LogP) is 4.90. The van der Waals surface area contributed by atoms with E-state index in [2.05, 4.69) is 27.2 Å². The Balaban J connectivity index is 1.39. The molecule has 0 atom stereocenters. The van der Waals surface area contributed by atoms with Crippen LogP contribution in [0.5, 0.6) is 0 Å². The molecule has 0 aliphatic rings. The molecule has 3 heterocycles. The molecule has 7 nitrogen and oxygen atoms in total. The second-order valence-electron chi connectivity index (χ2n) is 6.15. The number of ether oxygens (including phenoxy) is 1. The molecule has 2 N–H and O–H groups in total. The molecule has 0 aliphatic heterocycles. The Morgan fingerprint density at radius 1 is 1.13 bits per heavy atom. The molecule has 1 aromatic carbocycles. The number of carbonyl (C=O) groups excluding carboxylic acids is 2. The largest absolute Gasteiger partial charge is 0.444 e. The number of hydrogen-bond acceptors (Lipinski definition) is 7. The number of benzene rings is 1. The molecule has 30 heavy (non-hydrogen) atoms. The Labute approximate surface area is 180 Å². The van der Waals surface area contributed by atoms with Crippen molar-refractivity contribution in [1.82, 2.24) is 15.3 Å². The average Bonchev–Trinajstić information content (AvgIpc) is 3.40. The SMILES string of the molecule is C=C(NC(=O)OCc1ccccc1)c1ccsc1NC(=O)c1nc2cnccc2s1. The highest BCUT2D eigenvalue weighted by molar-refractivity contribution is 7.20. The summed E-state index contributed by atoms with van der Waals surface area (Å²) in [5.74, 6) is -0.334. The van der Waals surface area contributed by atoms with Crippen LogP contribution in [-0.2, 0) is 11.3 Å². The van der Waals surface area contributed by atoms with Crippen LogP contribution in [0, 0.1) is 0 Å². The summed E-state index contributed by atoms with van der Waals surface area (Å²) in [6, 6.07) is 13.0. The molecule has 3 aromatic heterocycles. The summed E-state index contributed by atoms with van der Waals surface area (Å²) in [5, 5.41) is 8.13. The van der Waals surface area contributed by atoms with E-state index in [4.69, 9.17) is 4.74 Å². The molecular formula is C21H16N4O3S2. The smallest absolute Gasteiger partial charge is 0.411 e. The summed E-state index contributed by atoms with van der Waals surface area (Å²) in [5.41, 5.74) is 2.49. The first-order chi connectivity index (χ1) is 14.6. The summed E-state index contributed by atoms with van der Waals surface area (Å²) in [4.78, 5) is 33.0. The zero-order valence-corrected chi connectivity index (χ0v) is 17.3. The van der Waals surface area contributed by atoms with Crippen LogP contribution in [0.4, 0.5) is 9.80 Å². The fourth-order valence-electron chi connectivity index (χ4n) is 2.63. The molecule has 150 valence electrons. The number of hydrogen-bond donors (Lipinski definition) is 2. The summed E-state index contributed by atoms with van der Waals surface area (Å²) in [6.07, 6.45) is 2.66. The fourth-order valence-corrected chi connectivity index (χ4v) is 4.27. The van der Waals surface area contributed by atoms with Gasteiger partial charge in [0, 0.05) is 17.5 Å². The van der Waals surface area contributed by atoms with Crippen molar-refractivity contribution in [2.45, 2.75) is 6.61 Å². The van der Waals surface area contributed by atoms with Gasteiger partial charge in [-0.25, -0.2) is 9.78 Å². The quantitative estimate of drug-likeness (QED) is 0.448. The number of rotatable bonds is 6. The molecule has 9 heteroatoms. The standard InChI is InChI=1S/C21H16N4O3S2/c1-13(23-21(27)28-12-14-5-3-2-4-6-14)15-8-10-29-19(15)25-18(26)20-24-16-11-22-9-7-17(16)30-20/h2-11H,1,12H2,(H,23,27)(H,25,26). The van der Waals surface area contributed by atoms with Crippen molar-refractivity contribution in [2.24, 2.45) is 0 Å². The molecule has 0 aliphatic carbocycles. The van der Waals surface area contributed by atoms with Crippen LogP contribution in [0.1, 0.15) is 20.9 Å². The van der Waals surface area contributed by atoms with Crippen LogP contribution in [-0.4, -0.2) is 22.0 Å². The van der Waals surface area contributed by atoms with E-state index >= 15 is 0 Å². The number of nitrogens with one attached hydrogen (secondary N) is 2. The molecule has 0 spiro atoms. The van der Waals surface area contributed by atoms with Gasteiger partial charge in [-0.2, -0.15) is 0 Å². The van der Waals surface area contributed by atoms with E-state index in [9.17, 15) is 9.59 Å². The lowest BCUT2D eigenvalue weighted by atomic mass is 10.2. The van der Waals surface area contributed by atoms with Gasteiger partial charge in [0.05, 0.1) is 10.9 Å². The van der Waals surface area contributed by atoms with Crippen molar-refractivity contribution in [3.05, 3.63) is 83.0 Å². The molecule has 2 amide bonds. The van der Waals surface area contributed by atoms with E-state index in [1.807, 2.05) is 36.4 Å². The van der Waals surface area contributed by atoms with E-state index in [1.165, 1.54) is 22.7 Å². The van der Waals surface area contributed by atoms with Crippen molar-refractivity contribution >= 4 is 55.6 Å². The van der Waals surface area contributed by atoms with Gasteiger partial charge in [0.15, 0.2) is 5.01 Å². The van der Waals surface area contributed by atoms with Crippen LogP contribution in [0.3, 0.4) is 0 Å². The zero-order chi connectivity index (χ0) is 20.9. The molecule has 4 rings (SSSR count). The number of amides is 2. The van der Waals surface area contributed by atoms with Gasteiger partial charge in [0.1, 0.15) is 17.1 Å². The number of fused-ring (bicyclic) bond motifs is 1. The van der Waals surface area contributed by atoms with Crippen molar-refractivity contribution < 1.29 is 14.3 Å². The Bertz CT molecular complexity index is 1180. The maximum absolute atomic E-state index is 12.6. The topological polar surface area (TPSA) is 93.2 Å². The minimum absolute atomic E-state index is 0.152. The van der Waals surface area contributed by atoms with Crippen LogP contribution in [0.2, 0.25) is 0 Å². The average molecular weight is 437 g/mol. The van der Waals surface area contributed by atoms with Crippen LogP contribution in [0.25, 0.3) is 15.9 Å². The number of thiophene rings is 1. The van der Waals surface area contributed by atoms with Crippen molar-refractivity contribution in [3.63, 3.8) is 0 Å². The maximum atomic E-state index is 12.6. The number of alkyl carbamates (subject to hydrolysis) is 1. The van der Waals surface area contributed by atoms with E-state index in [0.717, 1.165) is 10.3 Å². The molecule has 0 radical (unpaired) electrons. The van der Waals surface area contributed by atoms with Gasteiger partial charge in [0.2, 0.25) is 0 Å². The Hall–Kier alpha value is -3.56. The molecule has 0 saturated carbocycles. The van der Waals surface area contributed by atoms with Crippen LogP contribution in [0.15, 0.2) is 66.8 Å². The third-order valence-corrected chi connectivity index (χ3v) is 5.93. The lowest BCUT2D eigenvalue weighted by molar-refractivity contribution is 0.102. The van der Waals surface area contributed by atoms with Gasteiger partial charge in [-0.3, -0.25) is 15.1 Å². The second kappa shape index (κ2) is 8.85. The molecule has 0 bridgehead atoms. The minimum Gasteiger partial charge on any atom is -0.444 e. The van der Waals surface area contributed by atoms with Crippen LogP contribution < -0.4 is 10.6 Å². The van der Waals surface area contributed by atoms with Crippen LogP contribution >= 0.6 is 22.7 Å². The zero-order valence-electron chi connectivity index (χ0n) is 15.6. The Kier molecular flexibility index (Phi) is 5.82. The van der Waals surface area contributed by atoms with E-state index in [1.54, 1.807) is 23.8 Å². The summed E-state index contributed by atoms with van der Waals surface area (Å²) in [7, 11) is 0. The highest BCUT2D eigenvalue weighted by Crippen LogP contribution is 2.29. The first-order valence-electron chi connectivity index (χ1n) is 8.86. The molecule has 0 unspecified atom stereocenters. The molecule has 4 aromatic rings. The summed E-state index contributed by atoms with van der Waals surface area (Å²) < 4.78 is 6.09. The van der Waals surface area contributed by atoms with Gasteiger partial charge >= 0.3 is 6.09 Å². The Morgan fingerprint density at radius 2 is 1.97 bits per heavy atom. The highest BCUT2D eigenvalue weighted by atomic mass is 32.1. The van der Waals surface area contributed by atoms with E-state index < -0.39 is 6.09 Å². The van der Waals surface area contributed by atoms with Crippen molar-refractivity contribution in [1.29, 1.82) is 0 Å². The summed E-state index contributed by atoms with van der Waals surface area (Å²) >= 11 is 2.61. The van der Waals surface area contributed by atoms with Gasteiger partial charge in [-0.15, -0.1) is 22.7 Å². The van der Waals surface area contributed by atoms with Gasteiger partial charge < -0.3 is 10.1 Å². The fraction of sp³-hybridized carbons (Fsp3) is 0.0476. The lowest BCUT2D eigenvalue weighted by Crippen LogP contribution is -2.22. The van der Waals surface area contributed by atoms with Crippen molar-refractivity contribution in [2.75, 3.05) is 5.32 Å². The van der Waals surface area contributed by atoms with Crippen molar-refractivity contribution in [3.8, 4) is 0 Å².